The van der Waals surface area contributed by atoms with Crippen LogP contribution in [-0.4, -0.2) is 79.0 Å². The number of non-ortho nitro benzene ring substituents is 1. The number of anilines is 2. The Kier molecular flexibility index (Phi) is 7.69. The van der Waals surface area contributed by atoms with Gasteiger partial charge in [-0.2, -0.15) is 8.42 Å². The number of nitrogens with one attached hydrogen (secondary N) is 1. The summed E-state index contributed by atoms with van der Waals surface area (Å²) in [5, 5.41) is 13.3. The second-order valence-corrected chi connectivity index (χ2v) is 10.3. The molecule has 3 heterocycles. The molecule has 0 unspecified atom stereocenters. The standard InChI is InChI=1S/C14H18BrN3O.C6H6N2O5S/c15-12-1-3-13(4-2-12)16-14(19)11-18-8-5-17(6-9-18)7-10-18;7-5-2-1-4(8(9)10)3-6(5)14(11,12)13/h1-4H,5-11H2;1-3H,7H2,(H,11,12,13)/p+1. The van der Waals surface area contributed by atoms with Crippen LogP contribution < -0.4 is 11.1 Å². The Morgan fingerprint density at radius 1 is 1.15 bits per heavy atom. The van der Waals surface area contributed by atoms with Crippen molar-refractivity contribution in [1.82, 2.24) is 4.90 Å². The summed E-state index contributed by atoms with van der Waals surface area (Å²) < 4.78 is 32.0. The van der Waals surface area contributed by atoms with E-state index in [4.69, 9.17) is 10.3 Å². The third-order valence-corrected chi connectivity index (χ3v) is 7.20. The highest BCUT2D eigenvalue weighted by molar-refractivity contribution is 9.10. The Balaban J connectivity index is 0.000000196. The first-order valence-electron chi connectivity index (χ1n) is 10.1. The number of nitrogen functional groups attached to an aromatic ring is 1. The van der Waals surface area contributed by atoms with E-state index in [2.05, 4.69) is 26.1 Å². The normalized spacial score (nSPS) is 21.6. The molecule has 2 aromatic carbocycles. The Hall–Kier alpha value is -2.58. The maximum absolute atomic E-state index is 12.2. The average Bonchev–Trinajstić information content (AvgIpc) is 2.76. The van der Waals surface area contributed by atoms with Gasteiger partial charge in [0.15, 0.2) is 6.54 Å². The molecule has 33 heavy (non-hydrogen) atoms. The van der Waals surface area contributed by atoms with Crippen molar-refractivity contribution in [3.8, 4) is 0 Å². The van der Waals surface area contributed by atoms with E-state index < -0.39 is 25.6 Å². The van der Waals surface area contributed by atoms with E-state index >= 15 is 0 Å². The van der Waals surface area contributed by atoms with Gasteiger partial charge in [0.25, 0.3) is 21.7 Å². The van der Waals surface area contributed by atoms with Gasteiger partial charge in [-0.25, -0.2) is 0 Å². The monoisotopic (exact) mass is 542 g/mol. The van der Waals surface area contributed by atoms with Crippen LogP contribution in [-0.2, 0) is 14.9 Å². The number of nitrogens with two attached hydrogens (primary N) is 1. The van der Waals surface area contributed by atoms with Crippen LogP contribution >= 0.6 is 15.9 Å². The van der Waals surface area contributed by atoms with Gasteiger partial charge in [-0.3, -0.25) is 24.4 Å². The average molecular weight is 543 g/mol. The number of rotatable bonds is 5. The number of hydrogen-bond acceptors (Lipinski definition) is 7. The van der Waals surface area contributed by atoms with Crippen molar-refractivity contribution in [2.45, 2.75) is 4.90 Å². The van der Waals surface area contributed by atoms with Crippen LogP contribution in [0, 0.1) is 10.1 Å². The Bertz CT molecular complexity index is 1120. The molecule has 0 spiro atoms. The zero-order valence-corrected chi connectivity index (χ0v) is 20.1. The summed E-state index contributed by atoms with van der Waals surface area (Å²) in [7, 11) is -4.52. The van der Waals surface area contributed by atoms with E-state index in [-0.39, 0.29) is 11.6 Å². The van der Waals surface area contributed by atoms with Gasteiger partial charge < -0.3 is 15.5 Å². The minimum Gasteiger partial charge on any atom is -0.398 e. The van der Waals surface area contributed by atoms with E-state index in [1.54, 1.807) is 0 Å². The molecule has 11 nitrogen and oxygen atoms in total. The molecular weight excluding hydrogens is 518 g/mol. The predicted octanol–water partition coefficient (Wildman–Crippen LogP) is 1.96. The molecule has 2 bridgehead atoms. The number of halogens is 1. The third-order valence-electron chi connectivity index (χ3n) is 5.76. The van der Waals surface area contributed by atoms with Gasteiger partial charge in [0.05, 0.1) is 30.2 Å². The molecule has 0 aliphatic carbocycles. The first-order valence-corrected chi connectivity index (χ1v) is 12.4. The maximum Gasteiger partial charge on any atom is 0.296 e. The number of benzene rings is 2. The number of fused-ring (bicyclic) bond motifs is 3. The Morgan fingerprint density at radius 2 is 1.73 bits per heavy atom. The summed E-state index contributed by atoms with van der Waals surface area (Å²) in [5.41, 5.74) is 5.40. The molecule has 3 saturated heterocycles. The maximum atomic E-state index is 12.2. The topological polar surface area (TPSA) is 156 Å². The molecule has 0 saturated carbocycles. The summed E-state index contributed by atoms with van der Waals surface area (Å²) in [4.78, 5) is 23.5. The minimum absolute atomic E-state index is 0.137. The zero-order chi connectivity index (χ0) is 24.2. The van der Waals surface area contributed by atoms with Gasteiger partial charge >= 0.3 is 0 Å². The molecule has 0 atom stereocenters. The molecular formula is C20H25BrN5O6S+. The van der Waals surface area contributed by atoms with Crippen molar-refractivity contribution in [2.75, 3.05) is 56.9 Å². The number of amides is 1. The second kappa shape index (κ2) is 10.1. The predicted molar refractivity (Wildman–Crippen MR) is 126 cm³/mol. The molecule has 3 aliphatic rings. The first kappa shape index (κ1) is 25.1. The zero-order valence-electron chi connectivity index (χ0n) is 17.7. The van der Waals surface area contributed by atoms with Crippen LogP contribution in [0.3, 0.4) is 0 Å². The number of nitro groups is 1. The fourth-order valence-electron chi connectivity index (χ4n) is 3.87. The van der Waals surface area contributed by atoms with Gasteiger partial charge in [0.1, 0.15) is 4.90 Å². The first-order chi connectivity index (χ1) is 15.5. The highest BCUT2D eigenvalue weighted by atomic mass is 79.9. The van der Waals surface area contributed by atoms with Gasteiger partial charge in [0.2, 0.25) is 0 Å². The van der Waals surface area contributed by atoms with Crippen LogP contribution in [0.25, 0.3) is 0 Å². The van der Waals surface area contributed by atoms with E-state index in [9.17, 15) is 23.3 Å². The summed E-state index contributed by atoms with van der Waals surface area (Å²) in [5.74, 6) is 0.137. The smallest absolute Gasteiger partial charge is 0.296 e. The molecule has 3 aliphatic heterocycles. The molecule has 13 heteroatoms. The number of carbonyl (C=O) groups is 1. The highest BCUT2D eigenvalue weighted by Crippen LogP contribution is 2.23. The number of carbonyl (C=O) groups excluding carboxylic acids is 1. The quantitative estimate of drug-likeness (QED) is 0.170. The van der Waals surface area contributed by atoms with Crippen molar-refractivity contribution in [1.29, 1.82) is 0 Å². The van der Waals surface area contributed by atoms with Gasteiger partial charge in [-0.1, -0.05) is 15.9 Å². The summed E-state index contributed by atoms with van der Waals surface area (Å²) in [6, 6.07) is 10.5. The number of hydrogen-bond donors (Lipinski definition) is 3. The van der Waals surface area contributed by atoms with Gasteiger partial charge in [-0.15, -0.1) is 0 Å². The number of quaternary nitrogens is 1. The van der Waals surface area contributed by atoms with E-state index in [0.717, 1.165) is 66.0 Å². The fraction of sp³-hybridized carbons (Fsp3) is 0.350. The molecule has 5 rings (SSSR count). The van der Waals surface area contributed by atoms with Crippen molar-refractivity contribution < 1.29 is 27.2 Å². The van der Waals surface area contributed by atoms with Gasteiger partial charge in [-0.05, 0) is 30.3 Å². The largest absolute Gasteiger partial charge is 0.398 e. The lowest BCUT2D eigenvalue weighted by Crippen LogP contribution is -2.68. The summed E-state index contributed by atoms with van der Waals surface area (Å²) >= 11 is 3.40. The molecule has 178 valence electrons. The highest BCUT2D eigenvalue weighted by Gasteiger charge is 2.39. The molecule has 0 radical (unpaired) electrons. The van der Waals surface area contributed by atoms with E-state index in [0.29, 0.717) is 12.6 Å². The van der Waals surface area contributed by atoms with Crippen molar-refractivity contribution in [3.05, 3.63) is 57.1 Å². The lowest BCUT2D eigenvalue weighted by Gasteiger charge is -2.50. The molecule has 4 N–H and O–H groups in total. The third kappa shape index (κ3) is 6.71. The number of piperazine rings is 3. The van der Waals surface area contributed by atoms with E-state index in [1.807, 2.05) is 24.3 Å². The van der Waals surface area contributed by atoms with Gasteiger partial charge in [0, 0.05) is 41.9 Å². The minimum atomic E-state index is -4.52. The van der Waals surface area contributed by atoms with Crippen LogP contribution in [0.4, 0.5) is 17.1 Å². The number of nitrogens with zero attached hydrogens (tertiary/aromatic N) is 3. The molecule has 1 amide bonds. The summed E-state index contributed by atoms with van der Waals surface area (Å²) in [6.45, 7) is 7.40. The number of nitro benzene ring substituents is 1. The Labute approximate surface area is 199 Å². The van der Waals surface area contributed by atoms with Crippen LogP contribution in [0.5, 0.6) is 0 Å². The van der Waals surface area contributed by atoms with Crippen molar-refractivity contribution in [3.63, 3.8) is 0 Å². The Morgan fingerprint density at radius 3 is 2.24 bits per heavy atom. The lowest BCUT2D eigenvalue weighted by atomic mass is 10.1. The van der Waals surface area contributed by atoms with Crippen molar-refractivity contribution in [2.24, 2.45) is 0 Å². The van der Waals surface area contributed by atoms with Crippen LogP contribution in [0.1, 0.15) is 0 Å². The second-order valence-electron chi connectivity index (χ2n) is 8.02. The lowest BCUT2D eigenvalue weighted by molar-refractivity contribution is -0.933. The van der Waals surface area contributed by atoms with E-state index in [1.165, 1.54) is 0 Å². The molecule has 2 aromatic rings. The molecule has 3 fully saturated rings. The van der Waals surface area contributed by atoms with Crippen LogP contribution in [0.15, 0.2) is 51.8 Å². The van der Waals surface area contributed by atoms with Crippen LogP contribution in [0.2, 0.25) is 0 Å². The molecule has 0 aromatic heterocycles. The fourth-order valence-corrected chi connectivity index (χ4v) is 4.77. The summed E-state index contributed by atoms with van der Waals surface area (Å²) in [6.07, 6.45) is 0. The SMILES string of the molecule is Nc1ccc([N+](=O)[O-])cc1S(=O)(=O)O.O=C(C[N+]12CCN(CC1)CC2)Nc1ccc(Br)cc1. The van der Waals surface area contributed by atoms with Crippen molar-refractivity contribution >= 4 is 49.0 Å².